The van der Waals surface area contributed by atoms with Gasteiger partial charge in [-0.1, -0.05) is 96.5 Å². The molecule has 1 unspecified atom stereocenters. The molecule has 0 bridgehead atoms. The van der Waals surface area contributed by atoms with Crippen LogP contribution in [0.25, 0.3) is 0 Å². The van der Waals surface area contributed by atoms with Crippen molar-refractivity contribution in [2.45, 2.75) is 151 Å². The van der Waals surface area contributed by atoms with E-state index in [9.17, 15) is 75.4 Å². The Balaban J connectivity index is 5.17. The van der Waals surface area contributed by atoms with Crippen LogP contribution in [-0.4, -0.2) is 66.2 Å². The molecule has 0 heterocycles. The first-order chi connectivity index (χ1) is 21.8. The number of esters is 1. The van der Waals surface area contributed by atoms with Gasteiger partial charge in [0.05, 0.1) is 6.61 Å². The minimum atomic E-state index is -8.53. The second-order valence-electron chi connectivity index (χ2n) is 11.3. The lowest BCUT2D eigenvalue weighted by Crippen LogP contribution is -2.74. The molecule has 0 saturated heterocycles. The van der Waals surface area contributed by atoms with Crippen molar-refractivity contribution >= 4 is 11.9 Å². The Morgan fingerprint density at radius 1 is 0.583 bits per heavy atom. The lowest BCUT2D eigenvalue weighted by Gasteiger charge is -2.41. The third-order valence-electron chi connectivity index (χ3n) is 7.35. The molecule has 0 fully saturated rings. The van der Waals surface area contributed by atoms with E-state index in [4.69, 9.17) is 4.74 Å². The Kier molecular flexibility index (Phi) is 17.7. The predicted octanol–water partition coefficient (Wildman–Crippen LogP) is 10.4. The van der Waals surface area contributed by atoms with Crippen molar-refractivity contribution in [2.75, 3.05) is 6.61 Å². The number of nitrogens with one attached hydrogen (secondary N) is 1. The van der Waals surface area contributed by atoms with Crippen molar-refractivity contribution in [3.05, 3.63) is 12.7 Å². The molecular formula is C29H40F15NO3. The van der Waals surface area contributed by atoms with E-state index in [-0.39, 0.29) is 6.42 Å². The van der Waals surface area contributed by atoms with E-state index in [1.165, 1.54) is 32.1 Å². The number of hydrogen-bond acceptors (Lipinski definition) is 3. The monoisotopic (exact) mass is 735 g/mol. The van der Waals surface area contributed by atoms with Crippen LogP contribution >= 0.6 is 0 Å². The first-order valence-electron chi connectivity index (χ1n) is 15.2. The molecule has 0 aliphatic heterocycles. The maximum atomic E-state index is 14.2. The normalized spacial score (nSPS) is 14.5. The van der Waals surface area contributed by atoms with Crippen LogP contribution in [0, 0.1) is 0 Å². The smallest absolute Gasteiger partial charge is 0.460 e. The van der Waals surface area contributed by atoms with Gasteiger partial charge in [-0.3, -0.25) is 4.79 Å². The quantitative estimate of drug-likeness (QED) is 0.0440. The third-order valence-corrected chi connectivity index (χ3v) is 7.35. The van der Waals surface area contributed by atoms with E-state index in [0.29, 0.717) is 18.9 Å². The molecule has 4 nitrogen and oxygen atoms in total. The van der Waals surface area contributed by atoms with Crippen molar-refractivity contribution in [1.82, 2.24) is 5.32 Å². The standard InChI is InChI=1S/C29H40F15NO3/c1-3-5-6-7-8-9-10-11-12-13-14-15-16-17-19-48-21(46)20(18-4-2)45-22(47)23(30,31)24(32,33)25(34,35)26(36,37)27(38,39)28(40,41)29(42,43)44/h4,20H,2-3,5-19H2,1H3,(H,45,47). The number of hydrogen-bond donors (Lipinski definition) is 1. The SMILES string of the molecule is C=CCC(NC(=O)C(F)(F)C(F)(F)C(F)(F)C(F)(F)C(F)(F)C(F)(F)C(F)(F)F)C(=O)OCCCCCCCCCCCCCCCC. The average molecular weight is 736 g/mol. The molecule has 1 amide bonds. The fraction of sp³-hybridized carbons (Fsp3) is 0.862. The van der Waals surface area contributed by atoms with Gasteiger partial charge in [0.25, 0.3) is 5.91 Å². The van der Waals surface area contributed by atoms with E-state index in [1.807, 2.05) is 0 Å². The molecule has 0 spiro atoms. The number of alkyl halides is 15. The molecule has 0 aliphatic carbocycles. The summed E-state index contributed by atoms with van der Waals surface area (Å²) in [5.41, 5.74) is 0. The Labute approximate surface area is 268 Å². The number of carbonyl (C=O) groups is 2. The van der Waals surface area contributed by atoms with Gasteiger partial charge in [-0.25, -0.2) is 4.79 Å². The van der Waals surface area contributed by atoms with Crippen LogP contribution < -0.4 is 5.32 Å². The van der Waals surface area contributed by atoms with Gasteiger partial charge in [-0.15, -0.1) is 6.58 Å². The summed E-state index contributed by atoms with van der Waals surface area (Å²) in [7, 11) is 0. The van der Waals surface area contributed by atoms with Gasteiger partial charge in [0.2, 0.25) is 0 Å². The molecule has 1 atom stereocenters. The largest absolute Gasteiger partial charge is 0.464 e. The maximum Gasteiger partial charge on any atom is 0.460 e. The summed E-state index contributed by atoms with van der Waals surface area (Å²) in [6, 6.07) is -2.39. The lowest BCUT2D eigenvalue weighted by molar-refractivity contribution is -0.449. The van der Waals surface area contributed by atoms with Gasteiger partial charge in [0, 0.05) is 0 Å². The maximum absolute atomic E-state index is 14.2. The molecular weight excluding hydrogens is 695 g/mol. The van der Waals surface area contributed by atoms with Crippen LogP contribution in [0.4, 0.5) is 65.9 Å². The Morgan fingerprint density at radius 2 is 0.938 bits per heavy atom. The molecule has 0 aromatic heterocycles. The van der Waals surface area contributed by atoms with Crippen molar-refractivity contribution < 1.29 is 80.2 Å². The van der Waals surface area contributed by atoms with Crippen molar-refractivity contribution in [2.24, 2.45) is 0 Å². The van der Waals surface area contributed by atoms with Crippen LogP contribution in [0.15, 0.2) is 12.7 Å². The number of rotatable bonds is 25. The lowest BCUT2D eigenvalue weighted by atomic mass is 9.90. The van der Waals surface area contributed by atoms with Gasteiger partial charge in [-0.2, -0.15) is 65.9 Å². The molecule has 1 N–H and O–H groups in total. The van der Waals surface area contributed by atoms with E-state index in [1.54, 1.807) is 0 Å². The highest BCUT2D eigenvalue weighted by Gasteiger charge is 2.94. The first-order valence-corrected chi connectivity index (χ1v) is 15.2. The predicted molar refractivity (Wildman–Crippen MR) is 144 cm³/mol. The fourth-order valence-corrected chi connectivity index (χ4v) is 4.31. The van der Waals surface area contributed by atoms with Crippen molar-refractivity contribution in [3.63, 3.8) is 0 Å². The highest BCUT2D eigenvalue weighted by Crippen LogP contribution is 2.62. The van der Waals surface area contributed by atoms with Gasteiger partial charge in [0.15, 0.2) is 0 Å². The fourth-order valence-electron chi connectivity index (χ4n) is 4.31. The minimum absolute atomic E-state index is 0.199. The zero-order chi connectivity index (χ0) is 37.7. The van der Waals surface area contributed by atoms with Crippen molar-refractivity contribution in [3.8, 4) is 0 Å². The second-order valence-corrected chi connectivity index (χ2v) is 11.3. The number of carbonyl (C=O) groups excluding carboxylic acids is 2. The zero-order valence-corrected chi connectivity index (χ0v) is 26.1. The third kappa shape index (κ3) is 10.8. The molecule has 48 heavy (non-hydrogen) atoms. The van der Waals surface area contributed by atoms with E-state index >= 15 is 0 Å². The zero-order valence-electron chi connectivity index (χ0n) is 26.1. The Bertz CT molecular complexity index is 1000. The molecule has 0 aromatic carbocycles. The van der Waals surface area contributed by atoms with E-state index in [2.05, 4.69) is 13.5 Å². The number of ether oxygens (including phenoxy) is 1. The Morgan fingerprint density at radius 3 is 1.31 bits per heavy atom. The molecule has 0 saturated carbocycles. The summed E-state index contributed by atoms with van der Waals surface area (Å²) in [5.74, 6) is -54.0. The number of halogens is 15. The van der Waals surface area contributed by atoms with E-state index in [0.717, 1.165) is 43.8 Å². The minimum Gasteiger partial charge on any atom is -0.464 e. The summed E-state index contributed by atoms with van der Waals surface area (Å²) >= 11 is 0. The van der Waals surface area contributed by atoms with Crippen molar-refractivity contribution in [1.29, 1.82) is 0 Å². The summed E-state index contributed by atoms with van der Waals surface area (Å²) in [5, 5.41) is 0.774. The average Bonchev–Trinajstić information content (AvgIpc) is 2.97. The number of unbranched alkanes of at least 4 members (excludes halogenated alkanes) is 13. The Hall–Kier alpha value is -2.37. The number of amides is 1. The second kappa shape index (κ2) is 18.6. The molecule has 19 heteroatoms. The van der Waals surface area contributed by atoms with Crippen LogP contribution in [0.2, 0.25) is 0 Å². The van der Waals surface area contributed by atoms with Crippen LogP contribution in [0.1, 0.15) is 103 Å². The van der Waals surface area contributed by atoms with Crippen LogP contribution in [-0.2, 0) is 14.3 Å². The molecule has 284 valence electrons. The van der Waals surface area contributed by atoms with Crippen LogP contribution in [0.5, 0.6) is 0 Å². The molecule has 0 aliphatic rings. The highest BCUT2D eigenvalue weighted by molar-refractivity contribution is 5.89. The molecule has 0 aromatic rings. The highest BCUT2D eigenvalue weighted by atomic mass is 19.4. The summed E-state index contributed by atoms with van der Waals surface area (Å²) in [4.78, 5) is 24.0. The topological polar surface area (TPSA) is 55.4 Å². The summed E-state index contributed by atoms with van der Waals surface area (Å²) in [6.45, 7) is 4.80. The van der Waals surface area contributed by atoms with Gasteiger partial charge >= 0.3 is 47.7 Å². The molecule has 0 rings (SSSR count). The van der Waals surface area contributed by atoms with Gasteiger partial charge < -0.3 is 10.1 Å². The van der Waals surface area contributed by atoms with Crippen LogP contribution in [0.3, 0.4) is 0 Å². The van der Waals surface area contributed by atoms with Gasteiger partial charge in [0.1, 0.15) is 6.04 Å². The van der Waals surface area contributed by atoms with E-state index < -0.39 is 72.7 Å². The summed E-state index contributed by atoms with van der Waals surface area (Å²) in [6.07, 6.45) is 5.67. The first kappa shape index (κ1) is 45.6. The van der Waals surface area contributed by atoms with Gasteiger partial charge in [-0.05, 0) is 12.8 Å². The molecule has 0 radical (unpaired) electrons. The summed E-state index contributed by atoms with van der Waals surface area (Å²) < 4.78 is 206.